The first-order valence-electron chi connectivity index (χ1n) is 7.44. The Hall–Kier alpha value is -1.26. The molecule has 4 heteroatoms. The van der Waals surface area contributed by atoms with Crippen molar-refractivity contribution in [3.8, 4) is 0 Å². The molecule has 3 nitrogen and oxygen atoms in total. The van der Waals surface area contributed by atoms with Crippen LogP contribution in [-0.2, 0) is 11.0 Å². The van der Waals surface area contributed by atoms with Gasteiger partial charge in [0, 0.05) is 17.6 Å². The maximum Gasteiger partial charge on any atom is 0.0975 e. The minimum absolute atomic E-state index is 0.0761. The van der Waals surface area contributed by atoms with E-state index in [2.05, 4.69) is 28.8 Å². The standard InChI is InChI=1S/C17H24N2OS/c1-5-8-16(19-21(20)17(2,3)4)14-11-13-9-6-7-10-15(13)18-12-14/h6-7,9-12,16,19H,5,8H2,1-4H3/t16-,21-/m0/s1. The van der Waals surface area contributed by atoms with E-state index in [-0.39, 0.29) is 10.8 Å². The molecule has 0 spiro atoms. The van der Waals surface area contributed by atoms with Crippen molar-refractivity contribution in [1.29, 1.82) is 0 Å². The van der Waals surface area contributed by atoms with Crippen LogP contribution in [0.2, 0.25) is 0 Å². The van der Waals surface area contributed by atoms with Gasteiger partial charge in [-0.05, 0) is 44.9 Å². The molecule has 0 aliphatic rings. The lowest BCUT2D eigenvalue weighted by molar-refractivity contribution is 0.564. The highest BCUT2D eigenvalue weighted by atomic mass is 32.2. The van der Waals surface area contributed by atoms with Crippen molar-refractivity contribution in [1.82, 2.24) is 9.71 Å². The lowest BCUT2D eigenvalue weighted by atomic mass is 10.0. The summed E-state index contributed by atoms with van der Waals surface area (Å²) >= 11 is 0. The summed E-state index contributed by atoms with van der Waals surface area (Å²) in [5.41, 5.74) is 2.10. The molecule has 1 N–H and O–H groups in total. The van der Waals surface area contributed by atoms with E-state index in [0.29, 0.717) is 0 Å². The van der Waals surface area contributed by atoms with Gasteiger partial charge in [-0.15, -0.1) is 0 Å². The molecule has 1 heterocycles. The predicted molar refractivity (Wildman–Crippen MR) is 90.4 cm³/mol. The largest absolute Gasteiger partial charge is 0.256 e. The molecule has 2 aromatic rings. The molecule has 0 amide bonds. The SMILES string of the molecule is CCC[C@H](N[S@@](=O)C(C)(C)C)c1cnc2ccccc2c1. The van der Waals surface area contributed by atoms with Gasteiger partial charge in [-0.2, -0.15) is 0 Å². The van der Waals surface area contributed by atoms with Crippen molar-refractivity contribution >= 4 is 21.9 Å². The second-order valence-electron chi connectivity index (χ2n) is 6.30. The molecule has 0 aliphatic carbocycles. The summed E-state index contributed by atoms with van der Waals surface area (Å²) in [6, 6.07) is 10.3. The van der Waals surface area contributed by atoms with E-state index in [0.717, 1.165) is 29.3 Å². The Bertz CT molecular complexity index is 634. The van der Waals surface area contributed by atoms with Crippen LogP contribution in [0.4, 0.5) is 0 Å². The molecule has 0 unspecified atom stereocenters. The summed E-state index contributed by atoms with van der Waals surface area (Å²) in [7, 11) is -1.08. The van der Waals surface area contributed by atoms with Crippen molar-refractivity contribution in [2.75, 3.05) is 0 Å². The maximum atomic E-state index is 12.4. The molecule has 2 rings (SSSR count). The number of rotatable bonds is 5. The molecule has 0 bridgehead atoms. The number of benzene rings is 1. The zero-order valence-electron chi connectivity index (χ0n) is 13.2. The Labute approximate surface area is 129 Å². The number of nitrogens with zero attached hydrogens (tertiary/aromatic N) is 1. The monoisotopic (exact) mass is 304 g/mol. The third-order valence-corrected chi connectivity index (χ3v) is 5.01. The molecule has 0 saturated heterocycles. The van der Waals surface area contributed by atoms with Gasteiger partial charge in [0.2, 0.25) is 0 Å². The number of hydrogen-bond acceptors (Lipinski definition) is 2. The van der Waals surface area contributed by atoms with Gasteiger partial charge in [0.1, 0.15) is 0 Å². The number of fused-ring (bicyclic) bond motifs is 1. The summed E-state index contributed by atoms with van der Waals surface area (Å²) < 4.78 is 15.4. The van der Waals surface area contributed by atoms with E-state index in [4.69, 9.17) is 0 Å². The van der Waals surface area contributed by atoms with E-state index in [9.17, 15) is 4.21 Å². The van der Waals surface area contributed by atoms with Gasteiger partial charge in [0.25, 0.3) is 0 Å². The Morgan fingerprint density at radius 1 is 1.29 bits per heavy atom. The van der Waals surface area contributed by atoms with Crippen LogP contribution in [0.1, 0.15) is 52.1 Å². The smallest absolute Gasteiger partial charge is 0.0975 e. The summed E-state index contributed by atoms with van der Waals surface area (Å²) in [4.78, 5) is 4.51. The van der Waals surface area contributed by atoms with E-state index in [1.807, 2.05) is 45.2 Å². The molecule has 114 valence electrons. The quantitative estimate of drug-likeness (QED) is 0.902. The molecule has 21 heavy (non-hydrogen) atoms. The van der Waals surface area contributed by atoms with Crippen molar-refractivity contribution in [3.05, 3.63) is 42.1 Å². The molecule has 2 atom stereocenters. The summed E-state index contributed by atoms with van der Waals surface area (Å²) in [5, 5.41) is 1.12. The van der Waals surface area contributed by atoms with Gasteiger partial charge in [-0.3, -0.25) is 4.98 Å². The number of pyridine rings is 1. The minimum atomic E-state index is -1.08. The van der Waals surface area contributed by atoms with Crippen LogP contribution in [0.15, 0.2) is 36.5 Å². The molecular formula is C17H24N2OS. The molecule has 0 radical (unpaired) electrons. The van der Waals surface area contributed by atoms with Crippen molar-refractivity contribution in [2.24, 2.45) is 0 Å². The molecule has 1 aromatic heterocycles. The van der Waals surface area contributed by atoms with Crippen LogP contribution >= 0.6 is 0 Å². The van der Waals surface area contributed by atoms with Crippen LogP contribution in [0.5, 0.6) is 0 Å². The molecule has 1 aromatic carbocycles. The Kier molecular flexibility index (Phi) is 5.12. The van der Waals surface area contributed by atoms with Crippen LogP contribution in [0, 0.1) is 0 Å². The molecular weight excluding hydrogens is 280 g/mol. The van der Waals surface area contributed by atoms with Crippen LogP contribution < -0.4 is 4.72 Å². The first-order chi connectivity index (χ1) is 9.91. The number of para-hydroxylation sites is 1. The highest BCUT2D eigenvalue weighted by molar-refractivity contribution is 7.84. The third kappa shape index (κ3) is 4.11. The predicted octanol–water partition coefficient (Wildman–Crippen LogP) is 4.13. The van der Waals surface area contributed by atoms with E-state index >= 15 is 0 Å². The topological polar surface area (TPSA) is 42.0 Å². The van der Waals surface area contributed by atoms with Crippen LogP contribution in [-0.4, -0.2) is 13.9 Å². The second-order valence-corrected chi connectivity index (χ2v) is 8.30. The lowest BCUT2D eigenvalue weighted by Crippen LogP contribution is -2.35. The van der Waals surface area contributed by atoms with Gasteiger partial charge >= 0.3 is 0 Å². The second kappa shape index (κ2) is 6.67. The Morgan fingerprint density at radius 3 is 2.67 bits per heavy atom. The first-order valence-corrected chi connectivity index (χ1v) is 8.59. The molecule has 0 aliphatic heterocycles. The zero-order valence-corrected chi connectivity index (χ0v) is 14.0. The molecule has 0 fully saturated rings. The van der Waals surface area contributed by atoms with E-state index < -0.39 is 11.0 Å². The average molecular weight is 304 g/mol. The Balaban J connectivity index is 2.29. The Morgan fingerprint density at radius 2 is 2.00 bits per heavy atom. The normalized spacial score (nSPS) is 15.0. The van der Waals surface area contributed by atoms with Gasteiger partial charge < -0.3 is 0 Å². The van der Waals surface area contributed by atoms with Gasteiger partial charge in [-0.1, -0.05) is 31.5 Å². The van der Waals surface area contributed by atoms with Crippen molar-refractivity contribution < 1.29 is 4.21 Å². The van der Waals surface area contributed by atoms with E-state index in [1.165, 1.54) is 0 Å². The van der Waals surface area contributed by atoms with Gasteiger partial charge in [0.15, 0.2) is 0 Å². The van der Waals surface area contributed by atoms with Gasteiger partial charge in [0.05, 0.1) is 21.2 Å². The third-order valence-electron chi connectivity index (χ3n) is 3.40. The summed E-state index contributed by atoms with van der Waals surface area (Å²) in [6.45, 7) is 8.09. The van der Waals surface area contributed by atoms with Crippen molar-refractivity contribution in [3.63, 3.8) is 0 Å². The summed E-state index contributed by atoms with van der Waals surface area (Å²) in [6.07, 6.45) is 3.88. The minimum Gasteiger partial charge on any atom is -0.256 e. The fraction of sp³-hybridized carbons (Fsp3) is 0.471. The number of nitrogens with one attached hydrogen (secondary N) is 1. The fourth-order valence-electron chi connectivity index (χ4n) is 2.17. The lowest BCUT2D eigenvalue weighted by Gasteiger charge is -2.24. The van der Waals surface area contributed by atoms with E-state index in [1.54, 1.807) is 0 Å². The molecule has 0 saturated carbocycles. The summed E-state index contributed by atoms with van der Waals surface area (Å²) in [5.74, 6) is 0. The van der Waals surface area contributed by atoms with Gasteiger partial charge in [-0.25, -0.2) is 8.93 Å². The number of hydrogen-bond donors (Lipinski definition) is 1. The maximum absolute atomic E-state index is 12.4. The number of aromatic nitrogens is 1. The highest BCUT2D eigenvalue weighted by Crippen LogP contribution is 2.24. The van der Waals surface area contributed by atoms with Crippen LogP contribution in [0.25, 0.3) is 10.9 Å². The highest BCUT2D eigenvalue weighted by Gasteiger charge is 2.23. The average Bonchev–Trinajstić information content (AvgIpc) is 2.45. The fourth-order valence-corrected chi connectivity index (χ4v) is 3.03. The van der Waals surface area contributed by atoms with Crippen molar-refractivity contribution in [2.45, 2.75) is 51.3 Å². The van der Waals surface area contributed by atoms with Crippen LogP contribution in [0.3, 0.4) is 0 Å². The zero-order chi connectivity index (χ0) is 15.5. The first kappa shape index (κ1) is 16.1.